The van der Waals surface area contributed by atoms with Crippen molar-refractivity contribution in [3.63, 3.8) is 0 Å². The lowest BCUT2D eigenvalue weighted by Crippen LogP contribution is -2.70. The van der Waals surface area contributed by atoms with E-state index in [0.29, 0.717) is 26.4 Å². The van der Waals surface area contributed by atoms with Crippen molar-refractivity contribution < 1.29 is 46.4 Å². The fourth-order valence-electron chi connectivity index (χ4n) is 8.77. The first-order chi connectivity index (χ1) is 36.8. The lowest BCUT2D eigenvalue weighted by Gasteiger charge is -2.55. The smallest absolute Gasteiger partial charge is 0.192 e. The highest BCUT2D eigenvalue weighted by Crippen LogP contribution is 2.47. The Kier molecular flexibility index (Phi) is 21.7. The van der Waals surface area contributed by atoms with Gasteiger partial charge in [0.1, 0.15) is 54.3 Å². The SMILES string of the molecule is CC(C)(C)[Si](C)(C)OC1C(O[Si](C)(C)C(C)(C)C)[C@H](O[Si](C)(C)C(C)(C)C)C(COCc2ccccc2)O[C@H]1O[C@@H]1C(COCc2ccccc2)O[C@@H](Sc2ccccc2)C(OCc2ccccc2)C1OCc1ccccc1. The molecule has 7 rings (SSSR count). The van der Waals surface area contributed by atoms with Crippen molar-refractivity contribution in [3.8, 4) is 0 Å². The molecule has 2 saturated heterocycles. The number of benzene rings is 5. The van der Waals surface area contributed by atoms with Crippen molar-refractivity contribution in [3.05, 3.63) is 174 Å². The summed E-state index contributed by atoms with van der Waals surface area (Å²) in [6, 6.07) is 51.4. The maximum absolute atomic E-state index is 7.87. The van der Waals surface area contributed by atoms with Crippen molar-refractivity contribution >= 4 is 36.7 Å². The summed E-state index contributed by atoms with van der Waals surface area (Å²) in [5, 5.41) is -0.481. The largest absolute Gasteiger partial charge is 0.408 e. The Hall–Kier alpha value is -3.30. The minimum Gasteiger partial charge on any atom is -0.408 e. The van der Waals surface area contributed by atoms with Crippen LogP contribution in [0.5, 0.6) is 0 Å². The van der Waals surface area contributed by atoms with Crippen LogP contribution in [-0.2, 0) is 72.9 Å². The lowest BCUT2D eigenvalue weighted by atomic mass is 9.97. The lowest BCUT2D eigenvalue weighted by molar-refractivity contribution is -0.340. The fraction of sp³-hybridized carbons (Fsp3) is 0.531. The normalized spacial score (nSPS) is 24.8. The first kappa shape index (κ1) is 62.3. The summed E-state index contributed by atoms with van der Waals surface area (Å²) in [6.07, 6.45) is -6.42. The van der Waals surface area contributed by atoms with Crippen LogP contribution in [0, 0.1) is 0 Å². The molecule has 14 heteroatoms. The Morgan fingerprint density at radius 2 is 0.731 bits per heavy atom. The van der Waals surface area contributed by atoms with Crippen LogP contribution < -0.4 is 0 Å². The van der Waals surface area contributed by atoms with Gasteiger partial charge < -0.3 is 46.4 Å². The second kappa shape index (κ2) is 27.2. The summed E-state index contributed by atoms with van der Waals surface area (Å²) in [6.45, 7) is 36.1. The zero-order valence-corrected chi connectivity index (χ0v) is 53.3. The molecule has 2 aliphatic rings. The minimum absolute atomic E-state index is 0.133. The van der Waals surface area contributed by atoms with Gasteiger partial charge in [-0.05, 0) is 88.8 Å². The molecule has 6 unspecified atom stereocenters. The third-order valence-electron chi connectivity index (χ3n) is 16.5. The van der Waals surface area contributed by atoms with Gasteiger partial charge in [-0.25, -0.2) is 0 Å². The zero-order chi connectivity index (χ0) is 56.4. The third kappa shape index (κ3) is 16.9. The average molecular weight is 1140 g/mol. The van der Waals surface area contributed by atoms with Crippen LogP contribution in [0.2, 0.25) is 54.4 Å². The molecule has 0 spiro atoms. The molecule has 2 fully saturated rings. The topological polar surface area (TPSA) is 92.3 Å². The molecule has 0 amide bonds. The number of hydrogen-bond donors (Lipinski definition) is 0. The van der Waals surface area contributed by atoms with Gasteiger partial charge in [0.05, 0.1) is 39.6 Å². The molecule has 10 atom stereocenters. The van der Waals surface area contributed by atoms with Crippen LogP contribution >= 0.6 is 11.8 Å². The van der Waals surface area contributed by atoms with Gasteiger partial charge in [-0.1, -0.05) is 214 Å². The Morgan fingerprint density at radius 3 is 1.14 bits per heavy atom. The molecule has 5 aromatic rings. The van der Waals surface area contributed by atoms with E-state index in [9.17, 15) is 0 Å². The molecule has 2 aliphatic heterocycles. The molecule has 78 heavy (non-hydrogen) atoms. The molecule has 5 aromatic carbocycles. The van der Waals surface area contributed by atoms with E-state index in [1.54, 1.807) is 11.8 Å². The number of rotatable bonds is 24. The van der Waals surface area contributed by atoms with Crippen LogP contribution in [0.4, 0.5) is 0 Å². The highest BCUT2D eigenvalue weighted by atomic mass is 32.2. The maximum Gasteiger partial charge on any atom is 0.192 e. The van der Waals surface area contributed by atoms with Crippen LogP contribution in [0.15, 0.2) is 157 Å². The van der Waals surface area contributed by atoms with Crippen molar-refractivity contribution in [2.45, 2.75) is 209 Å². The Labute approximate surface area is 476 Å². The van der Waals surface area contributed by atoms with Crippen LogP contribution in [-0.4, -0.2) is 98.7 Å². The van der Waals surface area contributed by atoms with Crippen molar-refractivity contribution in [1.29, 1.82) is 0 Å². The second-order valence-corrected chi connectivity index (χ2v) is 41.1. The summed E-state index contributed by atoms with van der Waals surface area (Å²) >= 11 is 1.62. The molecule has 0 aliphatic carbocycles. The monoisotopic (exact) mass is 1140 g/mol. The number of hydrogen-bond acceptors (Lipinski definition) is 11. The average Bonchev–Trinajstić information content (AvgIpc) is 3.46. The molecule has 0 N–H and O–H groups in total. The van der Waals surface area contributed by atoms with Crippen LogP contribution in [0.1, 0.15) is 84.6 Å². The van der Waals surface area contributed by atoms with Crippen molar-refractivity contribution in [2.75, 3.05) is 13.2 Å². The van der Waals surface area contributed by atoms with E-state index in [1.807, 2.05) is 91.0 Å². The van der Waals surface area contributed by atoms with E-state index in [2.05, 4.69) is 162 Å². The first-order valence-corrected chi connectivity index (χ1v) is 37.7. The van der Waals surface area contributed by atoms with E-state index < -0.39 is 85.5 Å². The van der Waals surface area contributed by atoms with Gasteiger partial charge >= 0.3 is 0 Å². The van der Waals surface area contributed by atoms with Gasteiger partial charge in [0.15, 0.2) is 31.2 Å². The Morgan fingerprint density at radius 1 is 0.385 bits per heavy atom. The number of ether oxygens (including phenoxy) is 7. The van der Waals surface area contributed by atoms with E-state index >= 15 is 0 Å². The molecule has 0 saturated carbocycles. The zero-order valence-electron chi connectivity index (χ0n) is 49.4. The highest BCUT2D eigenvalue weighted by molar-refractivity contribution is 7.99. The van der Waals surface area contributed by atoms with Gasteiger partial charge in [0.25, 0.3) is 0 Å². The quantitative estimate of drug-likeness (QED) is 0.0553. The van der Waals surface area contributed by atoms with E-state index in [0.717, 1.165) is 27.1 Å². The third-order valence-corrected chi connectivity index (χ3v) is 31.1. The predicted molar refractivity (Wildman–Crippen MR) is 323 cm³/mol. The fourth-order valence-corrected chi connectivity index (χ4v) is 13.8. The molecule has 2 heterocycles. The predicted octanol–water partition coefficient (Wildman–Crippen LogP) is 15.4. The second-order valence-electron chi connectivity index (χ2n) is 25.7. The van der Waals surface area contributed by atoms with Crippen LogP contribution in [0.3, 0.4) is 0 Å². The summed E-state index contributed by atoms with van der Waals surface area (Å²) in [5.41, 5.74) is 3.63. The molecule has 10 nitrogen and oxygen atoms in total. The Balaban J connectivity index is 1.40. The summed E-state index contributed by atoms with van der Waals surface area (Å²) in [5.74, 6) is 0. The van der Waals surface area contributed by atoms with Gasteiger partial charge in [0, 0.05) is 4.90 Å². The first-order valence-electron chi connectivity index (χ1n) is 28.1. The summed E-state index contributed by atoms with van der Waals surface area (Å²) in [7, 11) is -7.82. The van der Waals surface area contributed by atoms with Gasteiger partial charge in [-0.2, -0.15) is 0 Å². The summed E-state index contributed by atoms with van der Waals surface area (Å²) in [4.78, 5) is 1.04. The van der Waals surface area contributed by atoms with E-state index in [4.69, 9.17) is 46.4 Å². The maximum atomic E-state index is 7.87. The summed E-state index contributed by atoms with van der Waals surface area (Å²) < 4.78 is 74.3. The molecule has 0 radical (unpaired) electrons. The molecule has 426 valence electrons. The molecular formula is C64H92O10SSi3. The van der Waals surface area contributed by atoms with Gasteiger partial charge in [0.2, 0.25) is 0 Å². The Bertz CT molecular complexity index is 2520. The van der Waals surface area contributed by atoms with Crippen LogP contribution in [0.25, 0.3) is 0 Å². The molecule has 0 aromatic heterocycles. The van der Waals surface area contributed by atoms with E-state index in [1.165, 1.54) is 0 Å². The standard InChI is InChI=1S/C64H92O10SSi3/c1-62(2,3)76(10,11)72-55-53(46-66-42-48-33-23-17-24-34-48)69-60(58(74-78(14,15)64(7,8)9)57(55)73-77(12,13)63(4,5)6)71-54-52(45-65-41-47-31-21-16-22-32-47)70-61(75-51-39-29-20-30-40-51)59(68-44-50-37-27-19-28-38-50)56(54)67-43-49-35-25-18-26-36-49/h16-40,52-61H,41-46H2,1-15H3/t52?,53?,54-,55-,56?,57?,58?,59?,60+,61+/m1/s1. The minimum atomic E-state index is -2.66. The van der Waals surface area contributed by atoms with Crippen molar-refractivity contribution in [2.24, 2.45) is 0 Å². The van der Waals surface area contributed by atoms with E-state index in [-0.39, 0.29) is 28.3 Å². The van der Waals surface area contributed by atoms with Crippen molar-refractivity contribution in [1.82, 2.24) is 0 Å². The van der Waals surface area contributed by atoms with Gasteiger partial charge in [-0.3, -0.25) is 0 Å². The molecular weight excluding hydrogens is 1050 g/mol. The van der Waals surface area contributed by atoms with Gasteiger partial charge in [-0.15, -0.1) is 0 Å². The number of thioether (sulfide) groups is 1. The highest BCUT2D eigenvalue weighted by Gasteiger charge is 2.59. The molecule has 0 bridgehead atoms.